The fourth-order valence-electron chi connectivity index (χ4n) is 6.21. The zero-order valence-corrected chi connectivity index (χ0v) is 28.5. The largest absolute Gasteiger partial charge is 0.375 e. The van der Waals surface area contributed by atoms with Crippen LogP contribution < -0.4 is 11.1 Å². The summed E-state index contributed by atoms with van der Waals surface area (Å²) >= 11 is 6.68. The van der Waals surface area contributed by atoms with Crippen molar-refractivity contribution < 1.29 is 28.7 Å². The van der Waals surface area contributed by atoms with E-state index in [0.717, 1.165) is 33.6 Å². The quantitative estimate of drug-likeness (QED) is 0.0681. The average Bonchev–Trinajstić information content (AvgIpc) is 3.81. The van der Waals surface area contributed by atoms with Crippen LogP contribution in [0.1, 0.15) is 28.8 Å². The summed E-state index contributed by atoms with van der Waals surface area (Å²) in [6.45, 7) is 0.597. The lowest BCUT2D eigenvalue weighted by Gasteiger charge is -2.50. The maximum absolute atomic E-state index is 14.1. The second-order valence-electron chi connectivity index (χ2n) is 11.5. The van der Waals surface area contributed by atoms with Crippen LogP contribution in [0.5, 0.6) is 0 Å². The highest BCUT2D eigenvalue weighted by atomic mass is 32.2. The number of thiol groups is 1. The monoisotopic (exact) mass is 713 g/mol. The summed E-state index contributed by atoms with van der Waals surface area (Å²) in [6, 6.07) is 27.9. The Morgan fingerprint density at radius 3 is 2.14 bits per heavy atom. The zero-order valence-electron chi connectivity index (χ0n) is 25.9. The molecule has 3 aliphatic rings. The van der Waals surface area contributed by atoms with Crippen molar-refractivity contribution in [1.82, 2.24) is 15.2 Å². The minimum atomic E-state index is -1.27. The predicted molar refractivity (Wildman–Crippen MR) is 190 cm³/mol. The first-order chi connectivity index (χ1) is 23.9. The minimum Gasteiger partial charge on any atom is -0.375 e. The van der Waals surface area contributed by atoms with E-state index in [2.05, 4.69) is 28.1 Å². The van der Waals surface area contributed by atoms with Gasteiger partial charge in [-0.15, -0.1) is 23.1 Å². The molecule has 250 valence electrons. The molecular formula is C35H31N5O6S3. The molecule has 2 saturated heterocycles. The van der Waals surface area contributed by atoms with E-state index in [4.69, 9.17) is 20.0 Å². The molecule has 4 heterocycles. The number of hydrogen-bond donors (Lipinski definition) is 3. The Hall–Kier alpha value is -4.47. The fraction of sp³-hybridized carbons (Fsp3) is 0.229. The number of rotatable bonds is 11. The van der Waals surface area contributed by atoms with Gasteiger partial charge in [-0.05, 0) is 5.57 Å². The molecule has 4 aromatic rings. The van der Waals surface area contributed by atoms with Gasteiger partial charge in [0, 0.05) is 34.2 Å². The van der Waals surface area contributed by atoms with Crippen LogP contribution in [0.2, 0.25) is 0 Å². The van der Waals surface area contributed by atoms with Gasteiger partial charge in [-0.25, -0.2) is 4.98 Å². The third-order valence-electron chi connectivity index (χ3n) is 8.50. The van der Waals surface area contributed by atoms with Gasteiger partial charge in [0.15, 0.2) is 10.8 Å². The number of β-lactam (4-membered cyclic amide) rings is 1. The third-order valence-corrected chi connectivity index (χ3v) is 10.7. The third kappa shape index (κ3) is 6.37. The van der Waals surface area contributed by atoms with Crippen LogP contribution in [0.4, 0.5) is 5.13 Å². The Bertz CT molecular complexity index is 1820. The Balaban J connectivity index is 1.23. The number of anilines is 1. The van der Waals surface area contributed by atoms with E-state index in [1.165, 1.54) is 16.7 Å². The molecule has 3 atom stereocenters. The first-order valence-electron chi connectivity index (χ1n) is 15.4. The van der Waals surface area contributed by atoms with Gasteiger partial charge >= 0.3 is 0 Å². The summed E-state index contributed by atoms with van der Waals surface area (Å²) < 4.78 is 10.9. The maximum Gasteiger partial charge on any atom is 0.276 e. The Morgan fingerprint density at radius 1 is 1.02 bits per heavy atom. The number of nitrogens with two attached hydrogens (primary N) is 1. The summed E-state index contributed by atoms with van der Waals surface area (Å²) in [7, 11) is 0. The molecule has 7 rings (SSSR count). The summed E-state index contributed by atoms with van der Waals surface area (Å²) in [5, 5.41) is 8.15. The van der Waals surface area contributed by atoms with E-state index in [9.17, 15) is 14.4 Å². The van der Waals surface area contributed by atoms with E-state index >= 15 is 0 Å². The zero-order chi connectivity index (χ0) is 34.0. The second kappa shape index (κ2) is 14.2. The van der Waals surface area contributed by atoms with Crippen molar-refractivity contribution in [2.24, 2.45) is 5.16 Å². The van der Waals surface area contributed by atoms with E-state index in [-0.39, 0.29) is 35.1 Å². The van der Waals surface area contributed by atoms with E-state index in [1.54, 1.807) is 5.38 Å². The number of thiazole rings is 1. The van der Waals surface area contributed by atoms with E-state index in [0.29, 0.717) is 18.8 Å². The van der Waals surface area contributed by atoms with Gasteiger partial charge < -0.3 is 25.4 Å². The highest BCUT2D eigenvalue weighted by Gasteiger charge is 2.54. The highest BCUT2D eigenvalue weighted by Crippen LogP contribution is 2.43. The van der Waals surface area contributed by atoms with Crippen molar-refractivity contribution in [3.63, 3.8) is 0 Å². The van der Waals surface area contributed by atoms with Gasteiger partial charge in [0.1, 0.15) is 23.9 Å². The lowest BCUT2D eigenvalue weighted by molar-refractivity contribution is -0.146. The highest BCUT2D eigenvalue weighted by molar-refractivity contribution is 8.00. The molecule has 1 aromatic heterocycles. The lowest BCUT2D eigenvalue weighted by atomic mass is 9.80. The fourth-order valence-corrected chi connectivity index (χ4v) is 8.38. The molecule has 0 saturated carbocycles. The average molecular weight is 714 g/mol. The number of thioether (sulfide) groups is 1. The number of nitrogens with one attached hydrogen (secondary N) is 1. The van der Waals surface area contributed by atoms with Crippen LogP contribution in [-0.4, -0.2) is 69.2 Å². The molecular weight excluding hydrogens is 683 g/mol. The molecule has 3 aliphatic heterocycles. The van der Waals surface area contributed by atoms with Crippen LogP contribution >= 0.6 is 35.7 Å². The number of aromatic nitrogens is 1. The molecule has 0 aliphatic carbocycles. The smallest absolute Gasteiger partial charge is 0.276 e. The molecule has 2 unspecified atom stereocenters. The molecule has 0 radical (unpaired) electrons. The lowest BCUT2D eigenvalue weighted by Crippen LogP contribution is -2.71. The first-order valence-corrected chi connectivity index (χ1v) is 17.8. The van der Waals surface area contributed by atoms with Gasteiger partial charge in [-0.1, -0.05) is 109 Å². The molecule has 0 bridgehead atoms. The van der Waals surface area contributed by atoms with E-state index < -0.39 is 33.9 Å². The summed E-state index contributed by atoms with van der Waals surface area (Å²) in [4.78, 5) is 52.7. The van der Waals surface area contributed by atoms with Crippen molar-refractivity contribution in [2.75, 3.05) is 24.9 Å². The number of ether oxygens (including phenoxy) is 2. The molecule has 49 heavy (non-hydrogen) atoms. The SMILES string of the molecule is Nc1nc(/C(=N/OC(c2ccccc2)(c2ccccc2)c2ccccc2)C(=O)NC2C(=O)N3C(C(=O)S)=C(CC4COCO4)CS[C@H]23)cs1. The number of fused-ring (bicyclic) bond motifs is 1. The van der Waals surface area contributed by atoms with Crippen molar-refractivity contribution in [2.45, 2.75) is 29.5 Å². The van der Waals surface area contributed by atoms with Crippen molar-refractivity contribution in [3.05, 3.63) is 130 Å². The number of oxime groups is 1. The Kier molecular flexibility index (Phi) is 9.56. The Morgan fingerprint density at radius 2 is 1.63 bits per heavy atom. The van der Waals surface area contributed by atoms with Crippen LogP contribution in [0, 0.1) is 0 Å². The summed E-state index contributed by atoms with van der Waals surface area (Å²) in [6.07, 6.45) is 0.230. The van der Waals surface area contributed by atoms with Crippen molar-refractivity contribution >= 4 is 63.5 Å². The molecule has 2 fully saturated rings. The molecule has 3 aromatic carbocycles. The van der Waals surface area contributed by atoms with Gasteiger partial charge in [0.25, 0.3) is 11.8 Å². The van der Waals surface area contributed by atoms with Gasteiger partial charge in [0.05, 0.1) is 18.4 Å². The standard InChI is InChI=1S/C35H31N5O6S3/c36-34-37-26(19-49-34)27(30(41)38-28-31(42)40-29(33(43)47)21(18-48-32(28)40)16-25-17-44-20-45-25)39-46-35(22-10-4-1-5-11-22,23-12-6-2-7-13-23)24-14-8-3-9-15-24/h1-15,19,25,28,32H,16-18,20H2,(H2,36,37)(H,38,41)(H,43,47)/b39-27-/t25?,28?,32-/m1/s1. The van der Waals surface area contributed by atoms with Gasteiger partial charge in [0.2, 0.25) is 10.7 Å². The predicted octanol–water partition coefficient (Wildman–Crippen LogP) is 4.31. The topological polar surface area (TPSA) is 145 Å². The van der Waals surface area contributed by atoms with Gasteiger partial charge in [-0.3, -0.25) is 19.3 Å². The number of carbonyl (C=O) groups excluding carboxylic acids is 3. The maximum atomic E-state index is 14.1. The summed E-state index contributed by atoms with van der Waals surface area (Å²) in [5.74, 6) is -0.658. The molecule has 3 N–H and O–H groups in total. The normalized spacial score (nSPS) is 20.8. The number of carbonyl (C=O) groups is 3. The number of amides is 2. The number of nitrogen functional groups attached to an aromatic ring is 1. The molecule has 11 nitrogen and oxygen atoms in total. The number of hydrogen-bond acceptors (Lipinski definition) is 11. The van der Waals surface area contributed by atoms with Crippen LogP contribution in [0.15, 0.2) is 113 Å². The molecule has 14 heteroatoms. The van der Waals surface area contributed by atoms with Crippen molar-refractivity contribution in [1.29, 1.82) is 0 Å². The number of nitrogens with zero attached hydrogens (tertiary/aromatic N) is 3. The van der Waals surface area contributed by atoms with E-state index in [1.807, 2.05) is 91.0 Å². The van der Waals surface area contributed by atoms with Crippen LogP contribution in [0.25, 0.3) is 0 Å². The number of benzene rings is 3. The first kappa shape index (κ1) is 33.0. The van der Waals surface area contributed by atoms with Crippen LogP contribution in [0.3, 0.4) is 0 Å². The Labute approximate surface area is 295 Å². The van der Waals surface area contributed by atoms with Gasteiger partial charge in [-0.2, -0.15) is 0 Å². The molecule has 0 spiro atoms. The minimum absolute atomic E-state index is 0.160. The molecule has 2 amide bonds. The van der Waals surface area contributed by atoms with Crippen molar-refractivity contribution in [3.8, 4) is 0 Å². The summed E-state index contributed by atoms with van der Waals surface area (Å²) in [5.41, 5.74) is 8.06. The second-order valence-corrected chi connectivity index (χ2v) is 13.9. The van der Waals surface area contributed by atoms with Crippen LogP contribution in [-0.2, 0) is 34.3 Å².